The maximum absolute atomic E-state index is 12.3. The molecule has 1 aromatic carbocycles. The van der Waals surface area contributed by atoms with Gasteiger partial charge in [-0.05, 0) is 42.5 Å². The third kappa shape index (κ3) is 5.73. The topological polar surface area (TPSA) is 46.2 Å². The summed E-state index contributed by atoms with van der Waals surface area (Å²) in [6.07, 6.45) is 8.09. The molecule has 1 aliphatic carbocycles. The van der Waals surface area contributed by atoms with Crippen LogP contribution in [0, 0.1) is 11.8 Å². The zero-order valence-corrected chi connectivity index (χ0v) is 16.3. The quantitative estimate of drug-likeness (QED) is 0.484. The second-order valence-electron chi connectivity index (χ2n) is 7.18. The van der Waals surface area contributed by atoms with Gasteiger partial charge in [-0.25, -0.2) is 0 Å². The largest absolute Gasteiger partial charge is 0.326 e. The Morgan fingerprint density at radius 1 is 1.12 bits per heavy atom. The molecule has 4 heteroatoms. The molecule has 1 aromatic rings. The van der Waals surface area contributed by atoms with Gasteiger partial charge in [0.1, 0.15) is 0 Å². The summed E-state index contributed by atoms with van der Waals surface area (Å²) in [6, 6.07) is 7.20. The van der Waals surface area contributed by atoms with E-state index in [0.29, 0.717) is 12.0 Å². The fourth-order valence-electron chi connectivity index (χ4n) is 3.21. The van der Waals surface area contributed by atoms with Crippen molar-refractivity contribution in [2.24, 2.45) is 11.8 Å². The number of benzene rings is 1. The number of nitrogens with one attached hydrogen (secondary N) is 1. The number of hydrogen-bond donors (Lipinski definition) is 1. The number of halogens is 1. The third-order valence-electron chi connectivity index (χ3n) is 4.79. The molecule has 1 amide bonds. The lowest BCUT2D eigenvalue weighted by molar-refractivity contribution is -0.116. The highest BCUT2D eigenvalue weighted by molar-refractivity contribution is 9.10. The first-order valence-corrected chi connectivity index (χ1v) is 9.97. The summed E-state index contributed by atoms with van der Waals surface area (Å²) >= 11 is 3.44. The molecule has 2 rings (SSSR count). The average molecular weight is 394 g/mol. The van der Waals surface area contributed by atoms with E-state index in [4.69, 9.17) is 0 Å². The van der Waals surface area contributed by atoms with Gasteiger partial charge in [-0.2, -0.15) is 0 Å². The molecule has 132 valence electrons. The number of amides is 1. The highest BCUT2D eigenvalue weighted by atomic mass is 79.9. The maximum atomic E-state index is 12.3. The Balaban J connectivity index is 1.82. The van der Waals surface area contributed by atoms with E-state index in [2.05, 4.69) is 21.2 Å². The second-order valence-corrected chi connectivity index (χ2v) is 8.16. The molecule has 1 N–H and O–H groups in total. The highest BCUT2D eigenvalue weighted by Gasteiger charge is 2.20. The molecule has 24 heavy (non-hydrogen) atoms. The average Bonchev–Trinajstić information content (AvgIpc) is 2.60. The van der Waals surface area contributed by atoms with Crippen molar-refractivity contribution in [2.45, 2.75) is 63.6 Å². The summed E-state index contributed by atoms with van der Waals surface area (Å²) in [7, 11) is 0. The van der Waals surface area contributed by atoms with Gasteiger partial charge < -0.3 is 5.32 Å². The Bertz CT molecular complexity index is 547. The first-order valence-electron chi connectivity index (χ1n) is 9.05. The molecule has 1 fully saturated rings. The predicted molar refractivity (Wildman–Crippen MR) is 103 cm³/mol. The molecular weight excluding hydrogens is 366 g/mol. The van der Waals surface area contributed by atoms with Crippen molar-refractivity contribution >= 4 is 33.3 Å². The van der Waals surface area contributed by atoms with Gasteiger partial charge in [0.05, 0.1) is 4.83 Å². The van der Waals surface area contributed by atoms with Crippen LogP contribution in [-0.2, 0) is 4.79 Å². The van der Waals surface area contributed by atoms with Crippen LogP contribution in [0.5, 0.6) is 0 Å². The fraction of sp³-hybridized carbons (Fsp3) is 0.600. The number of carbonyl (C=O) groups is 2. The van der Waals surface area contributed by atoms with Gasteiger partial charge >= 0.3 is 0 Å². The number of hydrogen-bond acceptors (Lipinski definition) is 2. The van der Waals surface area contributed by atoms with Crippen molar-refractivity contribution in [2.75, 3.05) is 5.32 Å². The van der Waals surface area contributed by atoms with Gasteiger partial charge in [0.25, 0.3) is 0 Å². The van der Waals surface area contributed by atoms with Crippen LogP contribution in [-0.4, -0.2) is 16.5 Å². The van der Waals surface area contributed by atoms with Crippen LogP contribution >= 0.6 is 15.9 Å². The van der Waals surface area contributed by atoms with Crippen LogP contribution in [0.4, 0.5) is 5.69 Å². The highest BCUT2D eigenvalue weighted by Crippen LogP contribution is 2.27. The lowest BCUT2D eigenvalue weighted by Gasteiger charge is -2.21. The van der Waals surface area contributed by atoms with Crippen LogP contribution in [0.1, 0.15) is 69.2 Å². The predicted octanol–water partition coefficient (Wildman–Crippen LogP) is 5.59. The molecule has 0 radical (unpaired) electrons. The van der Waals surface area contributed by atoms with Crippen LogP contribution in [0.25, 0.3) is 0 Å². The molecule has 3 nitrogen and oxygen atoms in total. The minimum atomic E-state index is -0.173. The Kier molecular flexibility index (Phi) is 7.47. The Morgan fingerprint density at radius 2 is 1.75 bits per heavy atom. The van der Waals surface area contributed by atoms with Gasteiger partial charge in [-0.3, -0.25) is 9.59 Å². The number of alkyl halides is 1. The number of carbonyl (C=O) groups excluding carboxylic acids is 2. The number of ketones is 1. The Labute approximate surface area is 153 Å². The molecule has 0 aromatic heterocycles. The van der Waals surface area contributed by atoms with Crippen molar-refractivity contribution in [1.82, 2.24) is 0 Å². The SMILES string of the molecule is CC(C)C(Br)C(=O)c1ccc(NC(=O)CCC2CCCCC2)cc1. The van der Waals surface area contributed by atoms with Gasteiger partial charge in [-0.1, -0.05) is 61.9 Å². The monoisotopic (exact) mass is 393 g/mol. The van der Waals surface area contributed by atoms with E-state index in [1.54, 1.807) is 12.1 Å². The van der Waals surface area contributed by atoms with E-state index in [-0.39, 0.29) is 22.4 Å². The zero-order chi connectivity index (χ0) is 17.5. The van der Waals surface area contributed by atoms with E-state index < -0.39 is 0 Å². The van der Waals surface area contributed by atoms with E-state index in [1.807, 2.05) is 26.0 Å². The molecule has 0 aliphatic heterocycles. The van der Waals surface area contributed by atoms with Gasteiger partial charge in [0.2, 0.25) is 5.91 Å². The smallest absolute Gasteiger partial charge is 0.224 e. The van der Waals surface area contributed by atoms with Crippen molar-refractivity contribution in [3.63, 3.8) is 0 Å². The number of Topliss-reactive ketones (excluding diaryl/α,β-unsaturated/α-hetero) is 1. The summed E-state index contributed by atoms with van der Waals surface area (Å²) in [5, 5.41) is 2.94. The third-order valence-corrected chi connectivity index (χ3v) is 6.27. The van der Waals surface area contributed by atoms with Crippen molar-refractivity contribution in [1.29, 1.82) is 0 Å². The fourth-order valence-corrected chi connectivity index (χ4v) is 3.48. The minimum Gasteiger partial charge on any atom is -0.326 e. The molecule has 0 saturated heterocycles. The van der Waals surface area contributed by atoms with Gasteiger partial charge in [0, 0.05) is 17.7 Å². The molecule has 1 saturated carbocycles. The summed E-state index contributed by atoms with van der Waals surface area (Å²) in [5.41, 5.74) is 1.43. The summed E-state index contributed by atoms with van der Waals surface area (Å²) in [5.74, 6) is 1.12. The first kappa shape index (κ1) is 19.2. The number of anilines is 1. The Hall–Kier alpha value is -1.16. The van der Waals surface area contributed by atoms with E-state index in [0.717, 1.165) is 18.0 Å². The summed E-state index contributed by atoms with van der Waals surface area (Å²) < 4.78 is 0. The van der Waals surface area contributed by atoms with Crippen LogP contribution < -0.4 is 5.32 Å². The van der Waals surface area contributed by atoms with E-state index in [1.165, 1.54) is 32.1 Å². The molecule has 0 bridgehead atoms. The van der Waals surface area contributed by atoms with Crippen LogP contribution in [0.3, 0.4) is 0 Å². The van der Waals surface area contributed by atoms with Gasteiger partial charge in [0.15, 0.2) is 5.78 Å². The van der Waals surface area contributed by atoms with Crippen molar-refractivity contribution in [3.05, 3.63) is 29.8 Å². The molecule has 1 aliphatic rings. The molecule has 0 spiro atoms. The molecule has 1 unspecified atom stereocenters. The second kappa shape index (κ2) is 9.36. The molecule has 0 heterocycles. The lowest BCUT2D eigenvalue weighted by Crippen LogP contribution is -2.20. The molecular formula is C20H28BrNO2. The van der Waals surface area contributed by atoms with E-state index in [9.17, 15) is 9.59 Å². The minimum absolute atomic E-state index is 0.0696. The normalized spacial score (nSPS) is 16.8. The van der Waals surface area contributed by atoms with Gasteiger partial charge in [-0.15, -0.1) is 0 Å². The first-order chi connectivity index (χ1) is 11.5. The molecule has 1 atom stereocenters. The standard InChI is InChI=1S/C20H28BrNO2/c1-14(2)19(21)20(24)16-9-11-17(12-10-16)22-18(23)13-8-15-6-4-3-5-7-15/h9-12,14-15,19H,3-8,13H2,1-2H3,(H,22,23). The maximum Gasteiger partial charge on any atom is 0.224 e. The van der Waals surface area contributed by atoms with E-state index >= 15 is 0 Å². The summed E-state index contributed by atoms with van der Waals surface area (Å²) in [6.45, 7) is 4.02. The Morgan fingerprint density at radius 3 is 2.33 bits per heavy atom. The lowest BCUT2D eigenvalue weighted by atomic mass is 9.86. The summed E-state index contributed by atoms with van der Waals surface area (Å²) in [4.78, 5) is 24.2. The van der Waals surface area contributed by atoms with Crippen LogP contribution in [0.2, 0.25) is 0 Å². The van der Waals surface area contributed by atoms with Crippen molar-refractivity contribution in [3.8, 4) is 0 Å². The number of rotatable bonds is 7. The zero-order valence-electron chi connectivity index (χ0n) is 14.7. The van der Waals surface area contributed by atoms with Crippen LogP contribution in [0.15, 0.2) is 24.3 Å². The van der Waals surface area contributed by atoms with Crippen molar-refractivity contribution < 1.29 is 9.59 Å².